The summed E-state index contributed by atoms with van der Waals surface area (Å²) in [6, 6.07) is 2.75. The van der Waals surface area contributed by atoms with E-state index in [1.165, 1.54) is 6.20 Å². The molecule has 0 bridgehead atoms. The van der Waals surface area contributed by atoms with Gasteiger partial charge in [-0.2, -0.15) is 0 Å². The molecule has 1 amide bonds. The van der Waals surface area contributed by atoms with Gasteiger partial charge in [0.1, 0.15) is 10.8 Å². The molecule has 144 valence electrons. The van der Waals surface area contributed by atoms with Crippen LogP contribution in [-0.4, -0.2) is 40.9 Å². The van der Waals surface area contributed by atoms with Gasteiger partial charge < -0.3 is 15.0 Å². The van der Waals surface area contributed by atoms with E-state index in [1.807, 2.05) is 13.8 Å². The Morgan fingerprint density at radius 3 is 2.78 bits per heavy atom. The molecule has 1 aliphatic rings. The highest BCUT2D eigenvalue weighted by molar-refractivity contribution is 6.31. The van der Waals surface area contributed by atoms with Crippen molar-refractivity contribution in [3.8, 4) is 5.88 Å². The van der Waals surface area contributed by atoms with E-state index < -0.39 is 13.0 Å². The molecule has 0 saturated carbocycles. The number of fused-ring (bicyclic) bond motifs is 1. The maximum atomic E-state index is 12.9. The van der Waals surface area contributed by atoms with E-state index in [-0.39, 0.29) is 28.9 Å². The normalized spacial score (nSPS) is 17.2. The van der Waals surface area contributed by atoms with Crippen molar-refractivity contribution < 1.29 is 18.3 Å². The molecule has 0 spiro atoms. The zero-order chi connectivity index (χ0) is 19.7. The highest BCUT2D eigenvalue weighted by Crippen LogP contribution is 2.42. The molecule has 1 aliphatic heterocycles. The first-order chi connectivity index (χ1) is 12.8. The molecule has 2 unspecified atom stereocenters. The molecule has 27 heavy (non-hydrogen) atoms. The average Bonchev–Trinajstić information content (AvgIpc) is 2.90. The summed E-state index contributed by atoms with van der Waals surface area (Å²) in [5.41, 5.74) is 2.12. The second kappa shape index (κ2) is 7.64. The molecule has 0 radical (unpaired) electrons. The van der Waals surface area contributed by atoms with Crippen LogP contribution in [0.4, 0.5) is 14.6 Å². The number of carbonyl (C=O) groups excluding carboxylic acids is 1. The highest BCUT2D eigenvalue weighted by Gasteiger charge is 2.39. The number of hydrogen-bond acceptors (Lipinski definition) is 5. The Hall–Kier alpha value is -2.48. The van der Waals surface area contributed by atoms with Crippen LogP contribution in [0.2, 0.25) is 5.02 Å². The monoisotopic (exact) mass is 396 g/mol. The van der Waals surface area contributed by atoms with E-state index in [4.69, 9.17) is 16.3 Å². The Kier molecular flexibility index (Phi) is 5.46. The number of pyridine rings is 2. The molecule has 0 aliphatic carbocycles. The van der Waals surface area contributed by atoms with Gasteiger partial charge in [-0.1, -0.05) is 11.6 Å². The minimum Gasteiger partial charge on any atom is -0.471 e. The number of nitrogens with one attached hydrogen (secondary N) is 1. The zero-order valence-corrected chi connectivity index (χ0v) is 15.8. The number of carbonyl (C=O) groups is 1. The lowest BCUT2D eigenvalue weighted by molar-refractivity contribution is 0.0658. The number of rotatable bonds is 6. The molecular formula is C18H19ClF2N4O2. The SMILES string of the molecule is CNc1nccc2c1C(C)N(C(C)c1cnc(OCC(F)F)c(Cl)c1)C2=O. The third-order valence-corrected chi connectivity index (χ3v) is 4.87. The van der Waals surface area contributed by atoms with Crippen molar-refractivity contribution in [2.45, 2.75) is 32.4 Å². The van der Waals surface area contributed by atoms with Crippen molar-refractivity contribution in [1.82, 2.24) is 14.9 Å². The summed E-state index contributed by atoms with van der Waals surface area (Å²) in [6.45, 7) is 3.01. The van der Waals surface area contributed by atoms with Crippen molar-refractivity contribution in [3.05, 3.63) is 46.2 Å². The summed E-state index contributed by atoms with van der Waals surface area (Å²) in [5, 5.41) is 3.14. The van der Waals surface area contributed by atoms with Gasteiger partial charge in [0.25, 0.3) is 12.3 Å². The van der Waals surface area contributed by atoms with Crippen LogP contribution in [0.1, 0.15) is 47.4 Å². The number of nitrogens with zero attached hydrogens (tertiary/aromatic N) is 3. The summed E-state index contributed by atoms with van der Waals surface area (Å²) in [5.74, 6) is 0.492. The van der Waals surface area contributed by atoms with E-state index >= 15 is 0 Å². The van der Waals surface area contributed by atoms with Crippen molar-refractivity contribution in [1.29, 1.82) is 0 Å². The third kappa shape index (κ3) is 3.53. The molecule has 3 rings (SSSR count). The Labute approximate surface area is 160 Å². The van der Waals surface area contributed by atoms with E-state index in [9.17, 15) is 13.6 Å². The summed E-state index contributed by atoms with van der Waals surface area (Å²) in [6.07, 6.45) is 0.465. The van der Waals surface area contributed by atoms with Crippen LogP contribution >= 0.6 is 11.6 Å². The molecule has 9 heteroatoms. The van der Waals surface area contributed by atoms with E-state index in [1.54, 1.807) is 30.3 Å². The maximum absolute atomic E-state index is 12.9. The highest BCUT2D eigenvalue weighted by atomic mass is 35.5. The Morgan fingerprint density at radius 1 is 1.41 bits per heavy atom. The van der Waals surface area contributed by atoms with Gasteiger partial charge in [-0.05, 0) is 31.5 Å². The van der Waals surface area contributed by atoms with Crippen LogP contribution in [-0.2, 0) is 0 Å². The third-order valence-electron chi connectivity index (χ3n) is 4.60. The van der Waals surface area contributed by atoms with Gasteiger partial charge in [0.15, 0.2) is 6.61 Å². The van der Waals surface area contributed by atoms with Crippen molar-refractivity contribution in [3.63, 3.8) is 0 Å². The lowest BCUT2D eigenvalue weighted by Crippen LogP contribution is -2.30. The van der Waals surface area contributed by atoms with Crippen LogP contribution in [0.5, 0.6) is 5.88 Å². The summed E-state index contributed by atoms with van der Waals surface area (Å²) in [4.78, 5) is 23.0. The first-order valence-electron chi connectivity index (χ1n) is 8.40. The zero-order valence-electron chi connectivity index (χ0n) is 15.0. The quantitative estimate of drug-likeness (QED) is 0.796. The first kappa shape index (κ1) is 19.3. The Bertz CT molecular complexity index is 865. The number of ether oxygens (including phenoxy) is 1. The van der Waals surface area contributed by atoms with Gasteiger partial charge in [0, 0.05) is 25.0 Å². The molecule has 3 heterocycles. The second-order valence-electron chi connectivity index (χ2n) is 6.19. The van der Waals surface area contributed by atoms with Crippen molar-refractivity contribution >= 4 is 23.3 Å². The van der Waals surface area contributed by atoms with Gasteiger partial charge in [0.05, 0.1) is 17.6 Å². The van der Waals surface area contributed by atoms with Crippen molar-refractivity contribution in [2.24, 2.45) is 0 Å². The van der Waals surface area contributed by atoms with E-state index in [0.717, 1.165) is 5.56 Å². The average molecular weight is 397 g/mol. The van der Waals surface area contributed by atoms with Gasteiger partial charge in [-0.15, -0.1) is 0 Å². The largest absolute Gasteiger partial charge is 0.471 e. The topological polar surface area (TPSA) is 67.3 Å². The fourth-order valence-corrected chi connectivity index (χ4v) is 3.55. The number of alkyl halides is 2. The number of aromatic nitrogens is 2. The summed E-state index contributed by atoms with van der Waals surface area (Å²) in [7, 11) is 1.76. The standard InChI is InChI=1S/C18H19ClF2N4O2/c1-9(11-6-13(19)17(24-7-11)27-8-14(20)21)25-10(2)15-12(18(25)26)4-5-23-16(15)22-3/h4-7,9-10,14H,8H2,1-3H3,(H,22,23). The second-order valence-corrected chi connectivity index (χ2v) is 6.60. The van der Waals surface area contributed by atoms with Crippen molar-refractivity contribution in [2.75, 3.05) is 19.0 Å². The lowest BCUT2D eigenvalue weighted by atomic mass is 10.1. The molecule has 0 saturated heterocycles. The molecule has 0 aromatic carbocycles. The molecule has 2 atom stereocenters. The summed E-state index contributed by atoms with van der Waals surface area (Å²) >= 11 is 6.12. The predicted molar refractivity (Wildman–Crippen MR) is 97.5 cm³/mol. The molecular weight excluding hydrogens is 378 g/mol. The number of anilines is 1. The number of halogens is 3. The molecule has 6 nitrogen and oxygen atoms in total. The molecule has 2 aromatic rings. The molecule has 2 aromatic heterocycles. The smallest absolute Gasteiger partial charge is 0.272 e. The predicted octanol–water partition coefficient (Wildman–Crippen LogP) is 4.09. The van der Waals surface area contributed by atoms with Gasteiger partial charge >= 0.3 is 0 Å². The minimum atomic E-state index is -2.61. The van der Waals surface area contributed by atoms with Gasteiger partial charge in [-0.3, -0.25) is 4.79 Å². The maximum Gasteiger partial charge on any atom is 0.272 e. The van der Waals surface area contributed by atoms with Crippen LogP contribution in [0, 0.1) is 0 Å². The minimum absolute atomic E-state index is 0.0568. The first-order valence-corrected chi connectivity index (χ1v) is 8.78. The molecule has 1 N–H and O–H groups in total. The summed E-state index contributed by atoms with van der Waals surface area (Å²) < 4.78 is 29.5. The van der Waals surface area contributed by atoms with E-state index in [2.05, 4.69) is 15.3 Å². The Balaban J connectivity index is 1.87. The van der Waals surface area contributed by atoms with Gasteiger partial charge in [-0.25, -0.2) is 18.7 Å². The fourth-order valence-electron chi connectivity index (χ4n) is 3.32. The number of hydrogen-bond donors (Lipinski definition) is 1. The lowest BCUT2D eigenvalue weighted by Gasteiger charge is -2.29. The number of amides is 1. The van der Waals surface area contributed by atoms with Crippen LogP contribution in [0.3, 0.4) is 0 Å². The van der Waals surface area contributed by atoms with Crippen LogP contribution < -0.4 is 10.1 Å². The van der Waals surface area contributed by atoms with E-state index in [0.29, 0.717) is 16.9 Å². The fraction of sp³-hybridized carbons (Fsp3) is 0.389. The molecule has 0 fully saturated rings. The Morgan fingerprint density at radius 2 is 2.15 bits per heavy atom. The van der Waals surface area contributed by atoms with Crippen LogP contribution in [0.25, 0.3) is 0 Å². The van der Waals surface area contributed by atoms with Gasteiger partial charge in [0.2, 0.25) is 5.88 Å². The van der Waals surface area contributed by atoms with Crippen LogP contribution in [0.15, 0.2) is 24.5 Å².